The molecule has 1 aliphatic heterocycles. The van der Waals surface area contributed by atoms with E-state index in [4.69, 9.17) is 0 Å². The van der Waals surface area contributed by atoms with Gasteiger partial charge in [0.2, 0.25) is 0 Å². The van der Waals surface area contributed by atoms with Crippen LogP contribution < -0.4 is 0 Å². The maximum absolute atomic E-state index is 12.5. The molecular formula is C16H20F3NO3. The van der Waals surface area contributed by atoms with Crippen LogP contribution in [0.15, 0.2) is 24.3 Å². The summed E-state index contributed by atoms with van der Waals surface area (Å²) in [6.45, 7) is 1.53. The van der Waals surface area contributed by atoms with Crippen LogP contribution in [0, 0.1) is 5.92 Å². The van der Waals surface area contributed by atoms with E-state index in [9.17, 15) is 23.1 Å². The number of alkyl halides is 3. The molecule has 1 N–H and O–H groups in total. The molecule has 128 valence electrons. The Kier molecular flexibility index (Phi) is 5.64. The summed E-state index contributed by atoms with van der Waals surface area (Å²) < 4.78 is 42.2. The molecule has 4 nitrogen and oxygen atoms in total. The average Bonchev–Trinajstić information content (AvgIpc) is 2.53. The first kappa shape index (κ1) is 17.7. The Hall–Kier alpha value is -1.60. The van der Waals surface area contributed by atoms with Gasteiger partial charge in [-0.15, -0.1) is 0 Å². The van der Waals surface area contributed by atoms with Crippen molar-refractivity contribution >= 4 is 5.97 Å². The number of ether oxygens (including phenoxy) is 1. The van der Waals surface area contributed by atoms with Gasteiger partial charge in [0.15, 0.2) is 6.10 Å². The molecule has 1 fully saturated rings. The number of methoxy groups -OCH3 is 1. The number of nitrogens with zero attached hydrogens (tertiary/aromatic N) is 1. The van der Waals surface area contributed by atoms with Crippen molar-refractivity contribution in [3.63, 3.8) is 0 Å². The third-order valence-electron chi connectivity index (χ3n) is 4.17. The van der Waals surface area contributed by atoms with Crippen LogP contribution in [-0.4, -0.2) is 48.5 Å². The Balaban J connectivity index is 1.91. The molecule has 23 heavy (non-hydrogen) atoms. The smallest absolute Gasteiger partial charge is 0.414 e. The fourth-order valence-electron chi connectivity index (χ4n) is 2.87. The first-order chi connectivity index (χ1) is 10.8. The first-order valence-electron chi connectivity index (χ1n) is 7.45. The normalized spacial score (nSPS) is 18.7. The number of aliphatic hydroxyl groups excluding tert-OH is 1. The minimum absolute atomic E-state index is 0.303. The van der Waals surface area contributed by atoms with Gasteiger partial charge in [-0.2, -0.15) is 13.2 Å². The van der Waals surface area contributed by atoms with Gasteiger partial charge in [-0.05, 0) is 49.5 Å². The van der Waals surface area contributed by atoms with E-state index < -0.39 is 24.2 Å². The minimum atomic E-state index is -4.55. The topological polar surface area (TPSA) is 49.8 Å². The standard InChI is InChI=1S/C16H20F3NO3/c1-23-15(22)13-4-2-3-11(9-13)10-20-7-5-12(6-8-20)14(21)16(17,18)19/h2-4,9,12,14,21H,5-8,10H2,1H3. The van der Waals surface area contributed by atoms with Crippen LogP contribution in [0.4, 0.5) is 13.2 Å². The van der Waals surface area contributed by atoms with Crippen LogP contribution >= 0.6 is 0 Å². The largest absolute Gasteiger partial charge is 0.465 e. The van der Waals surface area contributed by atoms with Crippen molar-refractivity contribution in [1.29, 1.82) is 0 Å². The number of hydrogen-bond acceptors (Lipinski definition) is 4. The highest BCUT2D eigenvalue weighted by atomic mass is 19.4. The molecular weight excluding hydrogens is 311 g/mol. The maximum Gasteiger partial charge on any atom is 0.414 e. The monoisotopic (exact) mass is 331 g/mol. The zero-order valence-corrected chi connectivity index (χ0v) is 12.8. The number of carbonyl (C=O) groups is 1. The van der Waals surface area contributed by atoms with Gasteiger partial charge in [0.05, 0.1) is 12.7 Å². The van der Waals surface area contributed by atoms with E-state index in [2.05, 4.69) is 4.74 Å². The summed E-state index contributed by atoms with van der Waals surface area (Å²) in [5, 5.41) is 9.32. The van der Waals surface area contributed by atoms with Crippen molar-refractivity contribution in [3.8, 4) is 0 Å². The van der Waals surface area contributed by atoms with Gasteiger partial charge < -0.3 is 9.84 Å². The van der Waals surface area contributed by atoms with Crippen LogP contribution in [0.25, 0.3) is 0 Å². The van der Waals surface area contributed by atoms with Crippen molar-refractivity contribution in [2.24, 2.45) is 5.92 Å². The van der Waals surface area contributed by atoms with Crippen LogP contribution in [0.5, 0.6) is 0 Å². The summed E-state index contributed by atoms with van der Waals surface area (Å²) in [6, 6.07) is 6.99. The molecule has 1 heterocycles. The molecule has 0 aromatic heterocycles. The molecule has 2 rings (SSSR count). The van der Waals surface area contributed by atoms with Gasteiger partial charge in [-0.3, -0.25) is 4.90 Å². The third-order valence-corrected chi connectivity index (χ3v) is 4.17. The average molecular weight is 331 g/mol. The van der Waals surface area contributed by atoms with Crippen LogP contribution in [0.1, 0.15) is 28.8 Å². The molecule has 0 spiro atoms. The molecule has 0 saturated carbocycles. The number of piperidine rings is 1. The number of halogens is 3. The van der Waals surface area contributed by atoms with Crippen LogP contribution in [-0.2, 0) is 11.3 Å². The van der Waals surface area contributed by atoms with Gasteiger partial charge in [0, 0.05) is 6.54 Å². The second-order valence-corrected chi connectivity index (χ2v) is 5.79. The quantitative estimate of drug-likeness (QED) is 0.862. The number of rotatable bonds is 4. The number of carbonyl (C=O) groups excluding carboxylic acids is 1. The Labute approximate surface area is 132 Å². The van der Waals surface area contributed by atoms with E-state index in [0.29, 0.717) is 38.0 Å². The molecule has 1 unspecified atom stereocenters. The molecule has 1 aliphatic rings. The summed E-state index contributed by atoms with van der Waals surface area (Å²) in [6.07, 6.45) is -6.19. The lowest BCUT2D eigenvalue weighted by Crippen LogP contribution is -2.43. The van der Waals surface area contributed by atoms with Gasteiger partial charge in [0.1, 0.15) is 0 Å². The predicted molar refractivity (Wildman–Crippen MR) is 77.8 cm³/mol. The van der Waals surface area contributed by atoms with Crippen LogP contribution in [0.3, 0.4) is 0 Å². The molecule has 0 amide bonds. The first-order valence-corrected chi connectivity index (χ1v) is 7.45. The molecule has 1 atom stereocenters. The molecule has 0 aliphatic carbocycles. The highest BCUT2D eigenvalue weighted by Crippen LogP contribution is 2.31. The summed E-state index contributed by atoms with van der Waals surface area (Å²) in [7, 11) is 1.31. The lowest BCUT2D eigenvalue weighted by Gasteiger charge is -2.34. The third kappa shape index (κ3) is 4.68. The molecule has 1 aromatic carbocycles. The number of likely N-dealkylation sites (tertiary alicyclic amines) is 1. The zero-order valence-electron chi connectivity index (χ0n) is 12.8. The van der Waals surface area contributed by atoms with E-state index >= 15 is 0 Å². The second kappa shape index (κ2) is 7.31. The number of benzene rings is 1. The Bertz CT molecular complexity index is 540. The van der Waals surface area contributed by atoms with Crippen molar-refractivity contribution in [2.45, 2.75) is 31.7 Å². The van der Waals surface area contributed by atoms with E-state index in [1.807, 2.05) is 11.0 Å². The van der Waals surface area contributed by atoms with Gasteiger partial charge in [-0.1, -0.05) is 12.1 Å². The Morgan fingerprint density at radius 2 is 2.04 bits per heavy atom. The highest BCUT2D eigenvalue weighted by molar-refractivity contribution is 5.89. The zero-order chi connectivity index (χ0) is 17.0. The lowest BCUT2D eigenvalue weighted by molar-refractivity contribution is -0.223. The number of hydrogen-bond donors (Lipinski definition) is 1. The Morgan fingerprint density at radius 3 is 2.61 bits per heavy atom. The predicted octanol–water partition coefficient (Wildman–Crippen LogP) is 2.61. The van der Waals surface area contributed by atoms with E-state index in [1.165, 1.54) is 7.11 Å². The molecule has 7 heteroatoms. The fourth-order valence-corrected chi connectivity index (χ4v) is 2.87. The van der Waals surface area contributed by atoms with Gasteiger partial charge >= 0.3 is 12.1 Å². The summed E-state index contributed by atoms with van der Waals surface area (Å²) in [5.41, 5.74) is 1.36. The van der Waals surface area contributed by atoms with Crippen molar-refractivity contribution in [2.75, 3.05) is 20.2 Å². The second-order valence-electron chi connectivity index (χ2n) is 5.79. The molecule has 1 saturated heterocycles. The van der Waals surface area contributed by atoms with Crippen molar-refractivity contribution < 1.29 is 27.8 Å². The van der Waals surface area contributed by atoms with E-state index in [1.54, 1.807) is 18.2 Å². The molecule has 0 bridgehead atoms. The summed E-state index contributed by atoms with van der Waals surface area (Å²) in [4.78, 5) is 13.5. The summed E-state index contributed by atoms with van der Waals surface area (Å²) >= 11 is 0. The summed E-state index contributed by atoms with van der Waals surface area (Å²) in [5.74, 6) is -1.16. The van der Waals surface area contributed by atoms with Crippen molar-refractivity contribution in [3.05, 3.63) is 35.4 Å². The number of esters is 1. The fraction of sp³-hybridized carbons (Fsp3) is 0.562. The lowest BCUT2D eigenvalue weighted by atomic mass is 9.90. The van der Waals surface area contributed by atoms with E-state index in [0.717, 1.165) is 5.56 Å². The maximum atomic E-state index is 12.5. The highest BCUT2D eigenvalue weighted by Gasteiger charge is 2.44. The van der Waals surface area contributed by atoms with Gasteiger partial charge in [-0.25, -0.2) is 4.79 Å². The van der Waals surface area contributed by atoms with E-state index in [-0.39, 0.29) is 0 Å². The Morgan fingerprint density at radius 1 is 1.39 bits per heavy atom. The van der Waals surface area contributed by atoms with Crippen molar-refractivity contribution in [1.82, 2.24) is 4.90 Å². The van der Waals surface area contributed by atoms with Crippen LogP contribution in [0.2, 0.25) is 0 Å². The molecule has 0 radical (unpaired) electrons. The minimum Gasteiger partial charge on any atom is -0.465 e. The van der Waals surface area contributed by atoms with Gasteiger partial charge in [0.25, 0.3) is 0 Å². The number of aliphatic hydroxyl groups is 1. The molecule has 1 aromatic rings. The SMILES string of the molecule is COC(=O)c1cccc(CN2CCC(C(O)C(F)(F)F)CC2)c1.